The van der Waals surface area contributed by atoms with E-state index in [0.717, 1.165) is 38.9 Å². The number of thiophene rings is 1. The molecule has 4 nitrogen and oxygen atoms in total. The first-order valence-corrected chi connectivity index (χ1v) is 7.72. The molecule has 1 saturated heterocycles. The summed E-state index contributed by atoms with van der Waals surface area (Å²) in [6.45, 7) is 2.96. The SMILES string of the molecule is CN(CCc1cccs1)C(=O)COC1CCNCC1. The molecule has 19 heavy (non-hydrogen) atoms. The van der Waals surface area contributed by atoms with Crippen LogP contribution >= 0.6 is 11.3 Å². The Bertz CT molecular complexity index is 375. The number of rotatable bonds is 6. The Morgan fingerprint density at radius 3 is 3.00 bits per heavy atom. The van der Waals surface area contributed by atoms with Gasteiger partial charge in [-0.3, -0.25) is 4.79 Å². The number of ether oxygens (including phenoxy) is 1. The predicted octanol–water partition coefficient (Wildman–Crippen LogP) is 1.52. The van der Waals surface area contributed by atoms with Gasteiger partial charge in [0.05, 0.1) is 6.10 Å². The largest absolute Gasteiger partial charge is 0.368 e. The zero-order valence-corrected chi connectivity index (χ0v) is 12.2. The van der Waals surface area contributed by atoms with Gasteiger partial charge in [-0.1, -0.05) is 6.07 Å². The third-order valence-corrected chi connectivity index (χ3v) is 4.36. The summed E-state index contributed by atoms with van der Waals surface area (Å²) in [6.07, 6.45) is 3.18. The molecule has 1 aromatic rings. The molecule has 0 aliphatic carbocycles. The molecule has 2 heterocycles. The number of nitrogens with one attached hydrogen (secondary N) is 1. The van der Waals surface area contributed by atoms with Crippen molar-refractivity contribution in [3.63, 3.8) is 0 Å². The normalized spacial score (nSPS) is 16.5. The van der Waals surface area contributed by atoms with Crippen LogP contribution in [0.2, 0.25) is 0 Å². The Morgan fingerprint density at radius 1 is 1.53 bits per heavy atom. The molecule has 1 amide bonds. The van der Waals surface area contributed by atoms with Crippen LogP contribution in [-0.4, -0.2) is 50.2 Å². The third-order valence-electron chi connectivity index (χ3n) is 3.43. The first-order chi connectivity index (χ1) is 9.25. The third kappa shape index (κ3) is 4.93. The van der Waals surface area contributed by atoms with E-state index >= 15 is 0 Å². The molecule has 0 aromatic carbocycles. The molecular formula is C14H22N2O2S. The fourth-order valence-electron chi connectivity index (χ4n) is 2.12. The zero-order valence-electron chi connectivity index (χ0n) is 11.4. The molecule has 1 aliphatic rings. The van der Waals surface area contributed by atoms with Crippen molar-refractivity contribution in [2.45, 2.75) is 25.4 Å². The van der Waals surface area contributed by atoms with Gasteiger partial charge in [0.15, 0.2) is 0 Å². The number of carbonyl (C=O) groups excluding carboxylic acids is 1. The highest BCUT2D eigenvalue weighted by Crippen LogP contribution is 2.10. The summed E-state index contributed by atoms with van der Waals surface area (Å²) in [5, 5.41) is 5.35. The van der Waals surface area contributed by atoms with Crippen molar-refractivity contribution in [1.29, 1.82) is 0 Å². The minimum absolute atomic E-state index is 0.0788. The summed E-state index contributed by atoms with van der Waals surface area (Å²) in [5.74, 6) is 0.0788. The van der Waals surface area contributed by atoms with Gasteiger partial charge in [0.1, 0.15) is 6.61 Å². The Morgan fingerprint density at radius 2 is 2.32 bits per heavy atom. The van der Waals surface area contributed by atoms with Crippen LogP contribution in [0.25, 0.3) is 0 Å². The van der Waals surface area contributed by atoms with Crippen LogP contribution in [0.5, 0.6) is 0 Å². The second-order valence-electron chi connectivity index (χ2n) is 4.91. The Kier molecular flexibility index (Phi) is 5.82. The zero-order chi connectivity index (χ0) is 13.5. The Balaban J connectivity index is 1.64. The number of nitrogens with zero attached hydrogens (tertiary/aromatic N) is 1. The van der Waals surface area contributed by atoms with Crippen molar-refractivity contribution < 1.29 is 9.53 Å². The molecule has 106 valence electrons. The van der Waals surface area contributed by atoms with E-state index in [1.54, 1.807) is 16.2 Å². The van der Waals surface area contributed by atoms with Gasteiger partial charge >= 0.3 is 0 Å². The molecule has 1 N–H and O–H groups in total. The summed E-state index contributed by atoms with van der Waals surface area (Å²) in [7, 11) is 1.85. The van der Waals surface area contributed by atoms with Crippen LogP contribution in [0.1, 0.15) is 17.7 Å². The van der Waals surface area contributed by atoms with Crippen LogP contribution in [0.15, 0.2) is 17.5 Å². The molecule has 0 spiro atoms. The van der Waals surface area contributed by atoms with Crippen LogP contribution in [0.4, 0.5) is 0 Å². The van der Waals surface area contributed by atoms with Gasteiger partial charge in [0, 0.05) is 18.5 Å². The van der Waals surface area contributed by atoms with Crippen LogP contribution < -0.4 is 5.32 Å². The number of piperidine rings is 1. The second-order valence-corrected chi connectivity index (χ2v) is 5.94. The van der Waals surface area contributed by atoms with Crippen molar-refractivity contribution in [2.24, 2.45) is 0 Å². The minimum atomic E-state index is 0.0788. The summed E-state index contributed by atoms with van der Waals surface area (Å²) < 4.78 is 5.67. The van der Waals surface area contributed by atoms with Gasteiger partial charge < -0.3 is 15.0 Å². The fraction of sp³-hybridized carbons (Fsp3) is 0.643. The van der Waals surface area contributed by atoms with Gasteiger partial charge in [-0.05, 0) is 43.8 Å². The van der Waals surface area contributed by atoms with E-state index < -0.39 is 0 Å². The molecule has 1 aliphatic heterocycles. The van der Waals surface area contributed by atoms with E-state index in [-0.39, 0.29) is 18.6 Å². The Labute approximate surface area is 118 Å². The quantitative estimate of drug-likeness (QED) is 0.860. The average Bonchev–Trinajstić information content (AvgIpc) is 2.96. The number of likely N-dealkylation sites (N-methyl/N-ethyl adjacent to an activating group) is 1. The molecule has 0 atom stereocenters. The van der Waals surface area contributed by atoms with E-state index in [1.807, 2.05) is 13.1 Å². The minimum Gasteiger partial charge on any atom is -0.368 e. The summed E-state index contributed by atoms with van der Waals surface area (Å²) in [5.41, 5.74) is 0. The highest BCUT2D eigenvalue weighted by Gasteiger charge is 2.16. The molecule has 2 rings (SSSR count). The summed E-state index contributed by atoms with van der Waals surface area (Å²) in [6, 6.07) is 4.15. The molecule has 1 aromatic heterocycles. The number of hydrogen-bond acceptors (Lipinski definition) is 4. The maximum atomic E-state index is 11.9. The molecule has 0 saturated carbocycles. The molecule has 0 unspecified atom stereocenters. The first-order valence-electron chi connectivity index (χ1n) is 6.84. The molecule has 1 fully saturated rings. The van der Waals surface area contributed by atoms with Crippen molar-refractivity contribution >= 4 is 17.2 Å². The standard InChI is InChI=1S/C14H22N2O2S/c1-16(9-6-13-3-2-10-19-13)14(17)11-18-12-4-7-15-8-5-12/h2-3,10,12,15H,4-9,11H2,1H3. The summed E-state index contributed by atoms with van der Waals surface area (Å²) in [4.78, 5) is 15.0. The lowest BCUT2D eigenvalue weighted by Crippen LogP contribution is -2.37. The van der Waals surface area contributed by atoms with Gasteiger partial charge in [-0.2, -0.15) is 0 Å². The van der Waals surface area contributed by atoms with Crippen LogP contribution in [-0.2, 0) is 16.0 Å². The lowest BCUT2D eigenvalue weighted by molar-refractivity contribution is -0.137. The number of hydrogen-bond donors (Lipinski definition) is 1. The van der Waals surface area contributed by atoms with Crippen LogP contribution in [0.3, 0.4) is 0 Å². The highest BCUT2D eigenvalue weighted by atomic mass is 32.1. The smallest absolute Gasteiger partial charge is 0.248 e. The van der Waals surface area contributed by atoms with Gasteiger partial charge in [-0.15, -0.1) is 11.3 Å². The second kappa shape index (κ2) is 7.62. The monoisotopic (exact) mass is 282 g/mol. The average molecular weight is 282 g/mol. The Hall–Kier alpha value is -0.910. The van der Waals surface area contributed by atoms with Crippen molar-refractivity contribution in [3.05, 3.63) is 22.4 Å². The summed E-state index contributed by atoms with van der Waals surface area (Å²) >= 11 is 1.74. The molecule has 5 heteroatoms. The topological polar surface area (TPSA) is 41.6 Å². The lowest BCUT2D eigenvalue weighted by atomic mass is 10.1. The predicted molar refractivity (Wildman–Crippen MR) is 77.5 cm³/mol. The van der Waals surface area contributed by atoms with E-state index in [9.17, 15) is 4.79 Å². The lowest BCUT2D eigenvalue weighted by Gasteiger charge is -2.24. The van der Waals surface area contributed by atoms with Gasteiger partial charge in [0.2, 0.25) is 5.91 Å². The van der Waals surface area contributed by atoms with E-state index in [2.05, 4.69) is 16.8 Å². The van der Waals surface area contributed by atoms with Gasteiger partial charge in [-0.25, -0.2) is 0 Å². The highest BCUT2D eigenvalue weighted by molar-refractivity contribution is 7.09. The van der Waals surface area contributed by atoms with Crippen molar-refractivity contribution in [3.8, 4) is 0 Å². The van der Waals surface area contributed by atoms with Crippen LogP contribution in [0, 0.1) is 0 Å². The number of carbonyl (C=O) groups is 1. The first kappa shape index (κ1) is 14.5. The number of amides is 1. The molecular weight excluding hydrogens is 260 g/mol. The van der Waals surface area contributed by atoms with Gasteiger partial charge in [0.25, 0.3) is 0 Å². The van der Waals surface area contributed by atoms with Crippen molar-refractivity contribution in [1.82, 2.24) is 10.2 Å². The van der Waals surface area contributed by atoms with E-state index in [1.165, 1.54) is 4.88 Å². The van der Waals surface area contributed by atoms with E-state index in [0.29, 0.717) is 0 Å². The molecule has 0 radical (unpaired) electrons. The maximum absolute atomic E-state index is 11.9. The van der Waals surface area contributed by atoms with Crippen molar-refractivity contribution in [2.75, 3.05) is 33.3 Å². The maximum Gasteiger partial charge on any atom is 0.248 e. The molecule has 0 bridgehead atoms. The fourth-order valence-corrected chi connectivity index (χ4v) is 2.82. The van der Waals surface area contributed by atoms with E-state index in [4.69, 9.17) is 4.74 Å².